The zero-order valence-corrected chi connectivity index (χ0v) is 10.7. The van der Waals surface area contributed by atoms with Crippen LogP contribution in [0.4, 0.5) is 10.1 Å². The molecule has 4 heteroatoms. The molecule has 1 saturated carbocycles. The van der Waals surface area contributed by atoms with Crippen LogP contribution in [0.3, 0.4) is 0 Å². The average molecular weight is 253 g/mol. The van der Waals surface area contributed by atoms with E-state index in [1.54, 1.807) is 12.1 Å². The standard InChI is InChI=1S/C14H20FNO2/c1-18-14-8-7-10(9-11(14)15)16-12-5-3-2-4-6-13(12)17/h7-9,12-13,16-17H,2-6H2,1H3. The van der Waals surface area contributed by atoms with Crippen molar-refractivity contribution in [2.24, 2.45) is 0 Å². The minimum absolute atomic E-state index is 0.0142. The van der Waals surface area contributed by atoms with E-state index in [2.05, 4.69) is 5.32 Å². The van der Waals surface area contributed by atoms with Gasteiger partial charge in [-0.05, 0) is 25.0 Å². The number of ether oxygens (including phenoxy) is 1. The number of hydrogen-bond acceptors (Lipinski definition) is 3. The molecule has 2 rings (SSSR count). The minimum atomic E-state index is -0.384. The lowest BCUT2D eigenvalue weighted by Crippen LogP contribution is -2.32. The van der Waals surface area contributed by atoms with E-state index in [0.29, 0.717) is 5.69 Å². The van der Waals surface area contributed by atoms with E-state index in [1.165, 1.54) is 13.2 Å². The molecule has 0 aromatic heterocycles. The predicted molar refractivity (Wildman–Crippen MR) is 69.5 cm³/mol. The summed E-state index contributed by atoms with van der Waals surface area (Å²) in [4.78, 5) is 0. The first-order valence-electron chi connectivity index (χ1n) is 6.49. The first-order chi connectivity index (χ1) is 8.70. The number of aliphatic hydroxyl groups is 1. The molecule has 100 valence electrons. The molecule has 1 aromatic carbocycles. The Labute approximate surface area is 107 Å². The summed E-state index contributed by atoms with van der Waals surface area (Å²) >= 11 is 0. The molecule has 0 heterocycles. The number of rotatable bonds is 3. The van der Waals surface area contributed by atoms with Gasteiger partial charge in [0.25, 0.3) is 0 Å². The van der Waals surface area contributed by atoms with Crippen molar-refractivity contribution in [3.8, 4) is 5.75 Å². The van der Waals surface area contributed by atoms with Gasteiger partial charge in [-0.1, -0.05) is 19.3 Å². The van der Waals surface area contributed by atoms with Crippen LogP contribution < -0.4 is 10.1 Å². The summed E-state index contributed by atoms with van der Waals surface area (Å²) in [6.45, 7) is 0. The van der Waals surface area contributed by atoms with E-state index >= 15 is 0 Å². The molecule has 0 spiro atoms. The lowest BCUT2D eigenvalue weighted by molar-refractivity contribution is 0.144. The molecule has 0 saturated heterocycles. The smallest absolute Gasteiger partial charge is 0.167 e. The van der Waals surface area contributed by atoms with Crippen molar-refractivity contribution in [1.29, 1.82) is 0 Å². The highest BCUT2D eigenvalue weighted by molar-refractivity contribution is 5.48. The maximum Gasteiger partial charge on any atom is 0.167 e. The number of methoxy groups -OCH3 is 1. The molecule has 1 aliphatic rings. The van der Waals surface area contributed by atoms with Gasteiger partial charge in [-0.15, -0.1) is 0 Å². The monoisotopic (exact) mass is 253 g/mol. The van der Waals surface area contributed by atoms with Crippen LogP contribution in [0.2, 0.25) is 0 Å². The van der Waals surface area contributed by atoms with Crippen LogP contribution in [0.15, 0.2) is 18.2 Å². The number of hydrogen-bond donors (Lipinski definition) is 2. The molecule has 0 radical (unpaired) electrons. The molecule has 3 nitrogen and oxygen atoms in total. The first-order valence-corrected chi connectivity index (χ1v) is 6.49. The maximum atomic E-state index is 13.6. The first kappa shape index (κ1) is 13.1. The van der Waals surface area contributed by atoms with Gasteiger partial charge in [0.1, 0.15) is 0 Å². The van der Waals surface area contributed by atoms with Crippen molar-refractivity contribution in [1.82, 2.24) is 0 Å². The Kier molecular flexibility index (Phi) is 4.42. The third-order valence-corrected chi connectivity index (χ3v) is 3.48. The molecule has 18 heavy (non-hydrogen) atoms. The van der Waals surface area contributed by atoms with Crippen LogP contribution in [0.5, 0.6) is 5.75 Å². The summed E-state index contributed by atoms with van der Waals surface area (Å²) in [5, 5.41) is 13.2. The summed E-state index contributed by atoms with van der Waals surface area (Å²) in [6.07, 6.45) is 4.72. The van der Waals surface area contributed by atoms with Gasteiger partial charge in [-0.2, -0.15) is 0 Å². The number of nitrogens with one attached hydrogen (secondary N) is 1. The average Bonchev–Trinajstić information content (AvgIpc) is 2.55. The topological polar surface area (TPSA) is 41.5 Å². The molecular weight excluding hydrogens is 233 g/mol. The van der Waals surface area contributed by atoms with Crippen LogP contribution in [0, 0.1) is 5.82 Å². The van der Waals surface area contributed by atoms with Crippen molar-refractivity contribution in [3.05, 3.63) is 24.0 Å². The predicted octanol–water partition coefficient (Wildman–Crippen LogP) is 2.94. The van der Waals surface area contributed by atoms with E-state index in [-0.39, 0.29) is 23.7 Å². The molecule has 2 atom stereocenters. The number of aliphatic hydroxyl groups excluding tert-OH is 1. The van der Waals surface area contributed by atoms with E-state index in [9.17, 15) is 9.50 Å². The Balaban J connectivity index is 2.05. The quantitative estimate of drug-likeness (QED) is 0.814. The van der Waals surface area contributed by atoms with Crippen LogP contribution in [-0.2, 0) is 0 Å². The van der Waals surface area contributed by atoms with Gasteiger partial charge in [0.2, 0.25) is 0 Å². The van der Waals surface area contributed by atoms with Crippen LogP contribution in [0.25, 0.3) is 0 Å². The fourth-order valence-corrected chi connectivity index (χ4v) is 2.43. The second-order valence-corrected chi connectivity index (χ2v) is 4.81. The van der Waals surface area contributed by atoms with E-state index in [0.717, 1.165) is 32.1 Å². The Bertz CT molecular complexity index is 397. The Morgan fingerprint density at radius 1 is 1.28 bits per heavy atom. The van der Waals surface area contributed by atoms with Crippen molar-refractivity contribution < 1.29 is 14.2 Å². The summed E-state index contributed by atoms with van der Waals surface area (Å²) in [6, 6.07) is 4.80. The zero-order chi connectivity index (χ0) is 13.0. The molecule has 0 aliphatic heterocycles. The van der Waals surface area contributed by atoms with Gasteiger partial charge in [0.15, 0.2) is 11.6 Å². The molecule has 1 fully saturated rings. The third kappa shape index (κ3) is 3.13. The van der Waals surface area contributed by atoms with E-state index in [1.807, 2.05) is 0 Å². The Hall–Kier alpha value is -1.29. The van der Waals surface area contributed by atoms with Crippen LogP contribution in [-0.4, -0.2) is 24.4 Å². The normalized spacial score (nSPS) is 24.4. The Morgan fingerprint density at radius 3 is 2.78 bits per heavy atom. The highest BCUT2D eigenvalue weighted by Gasteiger charge is 2.21. The number of anilines is 1. The van der Waals surface area contributed by atoms with Gasteiger partial charge in [-0.3, -0.25) is 0 Å². The van der Waals surface area contributed by atoms with Crippen LogP contribution >= 0.6 is 0 Å². The highest BCUT2D eigenvalue weighted by Crippen LogP contribution is 2.25. The molecule has 0 bridgehead atoms. The molecule has 1 aliphatic carbocycles. The molecule has 2 unspecified atom stereocenters. The highest BCUT2D eigenvalue weighted by atomic mass is 19.1. The number of halogens is 1. The minimum Gasteiger partial charge on any atom is -0.494 e. The SMILES string of the molecule is COc1ccc(NC2CCCCCC2O)cc1F. The van der Waals surface area contributed by atoms with Gasteiger partial charge < -0.3 is 15.2 Å². The van der Waals surface area contributed by atoms with Gasteiger partial charge in [-0.25, -0.2) is 4.39 Å². The van der Waals surface area contributed by atoms with Crippen LogP contribution in [0.1, 0.15) is 32.1 Å². The Morgan fingerprint density at radius 2 is 2.06 bits per heavy atom. The fraction of sp³-hybridized carbons (Fsp3) is 0.571. The van der Waals surface area contributed by atoms with Gasteiger partial charge in [0, 0.05) is 11.8 Å². The summed E-state index contributed by atoms with van der Waals surface area (Å²) < 4.78 is 18.4. The summed E-state index contributed by atoms with van der Waals surface area (Å²) in [5.41, 5.74) is 0.694. The zero-order valence-electron chi connectivity index (χ0n) is 10.7. The van der Waals surface area contributed by atoms with Crippen molar-refractivity contribution >= 4 is 5.69 Å². The molecular formula is C14H20FNO2. The lowest BCUT2D eigenvalue weighted by Gasteiger charge is -2.23. The fourth-order valence-electron chi connectivity index (χ4n) is 2.43. The maximum absolute atomic E-state index is 13.6. The third-order valence-electron chi connectivity index (χ3n) is 3.48. The lowest BCUT2D eigenvalue weighted by atomic mass is 10.1. The number of benzene rings is 1. The van der Waals surface area contributed by atoms with E-state index < -0.39 is 0 Å². The van der Waals surface area contributed by atoms with Crippen molar-refractivity contribution in [3.63, 3.8) is 0 Å². The van der Waals surface area contributed by atoms with E-state index in [4.69, 9.17) is 4.74 Å². The summed E-state index contributed by atoms with van der Waals surface area (Å²) in [7, 11) is 1.45. The summed E-state index contributed by atoms with van der Waals surface area (Å²) in [5.74, 6) is -0.146. The largest absolute Gasteiger partial charge is 0.494 e. The van der Waals surface area contributed by atoms with Gasteiger partial charge in [0.05, 0.1) is 19.3 Å². The molecule has 0 amide bonds. The second-order valence-electron chi connectivity index (χ2n) is 4.81. The van der Waals surface area contributed by atoms with Gasteiger partial charge >= 0.3 is 0 Å². The molecule has 1 aromatic rings. The van der Waals surface area contributed by atoms with Crippen molar-refractivity contribution in [2.45, 2.75) is 44.2 Å². The molecule has 2 N–H and O–H groups in total. The van der Waals surface area contributed by atoms with Crippen molar-refractivity contribution in [2.75, 3.05) is 12.4 Å². The second kappa shape index (κ2) is 6.05.